The summed E-state index contributed by atoms with van der Waals surface area (Å²) < 4.78 is 17.2. The van der Waals surface area contributed by atoms with Crippen molar-refractivity contribution >= 4 is 33.9 Å². The van der Waals surface area contributed by atoms with Crippen molar-refractivity contribution in [2.75, 3.05) is 51.9 Å². The fourth-order valence-corrected chi connectivity index (χ4v) is 5.35. The monoisotopic (exact) mass is 531 g/mol. The summed E-state index contributed by atoms with van der Waals surface area (Å²) in [5, 5.41) is 23.4. The maximum absolute atomic E-state index is 9.72. The number of hydrogen-bond donors (Lipinski definition) is 1. The van der Waals surface area contributed by atoms with E-state index in [4.69, 9.17) is 25.8 Å². The summed E-state index contributed by atoms with van der Waals surface area (Å²) in [5.41, 5.74) is 3.07. The van der Waals surface area contributed by atoms with Gasteiger partial charge in [0.2, 0.25) is 0 Å². The Bertz CT molecular complexity index is 1400. The lowest BCUT2D eigenvalue weighted by atomic mass is 9.77. The number of rotatable bonds is 9. The maximum Gasteiger partial charge on any atom is 0.163 e. The van der Waals surface area contributed by atoms with Crippen molar-refractivity contribution in [3.63, 3.8) is 0 Å². The largest absolute Gasteiger partial charge is 0.493 e. The number of aromatic nitrogens is 1. The standard InChI is InChI=1S/C29H30ClN5O3/c1-36-26-13-24-25(33-17-21(16-32)28(24)34-23-11-20(15-31)10-22(30)12-23)14-27(26)38-9-3-2-6-35-7-4-29(5-8-35)18-37-19-29/h10-14,17H,2-9,18-19H2,1H3,(H,33,34). The van der Waals surface area contributed by atoms with Crippen LogP contribution in [0.3, 0.4) is 0 Å². The normalized spacial score (nSPS) is 16.4. The van der Waals surface area contributed by atoms with Crippen molar-refractivity contribution in [2.45, 2.75) is 25.7 Å². The molecule has 3 heterocycles. The van der Waals surface area contributed by atoms with E-state index in [1.165, 1.54) is 19.0 Å². The first-order chi connectivity index (χ1) is 18.5. The lowest BCUT2D eigenvalue weighted by Crippen LogP contribution is -2.50. The molecule has 2 aliphatic rings. The number of ether oxygens (including phenoxy) is 3. The molecule has 5 rings (SSSR count). The van der Waals surface area contributed by atoms with Crippen LogP contribution in [0.5, 0.6) is 11.5 Å². The molecule has 0 radical (unpaired) electrons. The highest BCUT2D eigenvalue weighted by molar-refractivity contribution is 6.31. The van der Waals surface area contributed by atoms with Crippen LogP contribution in [-0.4, -0.2) is 56.4 Å². The lowest BCUT2D eigenvalue weighted by Gasteiger charge is -2.47. The van der Waals surface area contributed by atoms with Crippen molar-refractivity contribution < 1.29 is 14.2 Å². The van der Waals surface area contributed by atoms with Crippen LogP contribution in [0.1, 0.15) is 36.8 Å². The Morgan fingerprint density at radius 3 is 2.58 bits per heavy atom. The number of nitrogens with zero attached hydrogens (tertiary/aromatic N) is 4. The van der Waals surface area contributed by atoms with Crippen molar-refractivity contribution in [1.82, 2.24) is 9.88 Å². The third kappa shape index (κ3) is 5.63. The molecular weight excluding hydrogens is 502 g/mol. The Morgan fingerprint density at radius 2 is 1.89 bits per heavy atom. The number of piperidine rings is 1. The van der Waals surface area contributed by atoms with Crippen molar-refractivity contribution in [2.24, 2.45) is 5.41 Å². The van der Waals surface area contributed by atoms with Crippen LogP contribution in [0.4, 0.5) is 11.4 Å². The Hall–Kier alpha value is -3.56. The molecule has 8 nitrogen and oxygen atoms in total. The number of unbranched alkanes of at least 4 members (excludes halogenated alkanes) is 1. The summed E-state index contributed by atoms with van der Waals surface area (Å²) in [7, 11) is 1.59. The van der Waals surface area contributed by atoms with E-state index in [2.05, 4.69) is 27.3 Å². The smallest absolute Gasteiger partial charge is 0.163 e. The summed E-state index contributed by atoms with van der Waals surface area (Å²) >= 11 is 6.18. The third-order valence-electron chi connectivity index (χ3n) is 7.43. The van der Waals surface area contributed by atoms with Gasteiger partial charge in [0.25, 0.3) is 0 Å². The average molecular weight is 532 g/mol. The van der Waals surface area contributed by atoms with Crippen molar-refractivity contribution in [3.8, 4) is 23.6 Å². The van der Waals surface area contributed by atoms with Crippen LogP contribution in [0.25, 0.3) is 10.9 Å². The van der Waals surface area contributed by atoms with Gasteiger partial charge in [0.1, 0.15) is 6.07 Å². The quantitative estimate of drug-likeness (QED) is 0.353. The molecule has 0 atom stereocenters. The zero-order valence-corrected chi connectivity index (χ0v) is 22.2. The average Bonchev–Trinajstić information content (AvgIpc) is 2.91. The minimum absolute atomic E-state index is 0.361. The van der Waals surface area contributed by atoms with Crippen LogP contribution in [-0.2, 0) is 4.74 Å². The number of anilines is 2. The highest BCUT2D eigenvalue weighted by Gasteiger charge is 2.40. The Balaban J connectivity index is 1.26. The zero-order chi connectivity index (χ0) is 26.5. The van der Waals surface area contributed by atoms with Gasteiger partial charge in [0.15, 0.2) is 11.5 Å². The summed E-state index contributed by atoms with van der Waals surface area (Å²) in [5.74, 6) is 1.17. The minimum Gasteiger partial charge on any atom is -0.493 e. The summed E-state index contributed by atoms with van der Waals surface area (Å²) in [4.78, 5) is 7.03. The van der Waals surface area contributed by atoms with Gasteiger partial charge in [-0.25, -0.2) is 0 Å². The van der Waals surface area contributed by atoms with Crippen LogP contribution >= 0.6 is 11.6 Å². The highest BCUT2D eigenvalue weighted by Crippen LogP contribution is 2.39. The molecule has 1 aromatic heterocycles. The molecule has 0 amide bonds. The molecule has 1 spiro atoms. The van der Waals surface area contributed by atoms with Crippen LogP contribution in [0, 0.1) is 28.1 Å². The van der Waals surface area contributed by atoms with Crippen LogP contribution in [0.15, 0.2) is 36.5 Å². The van der Waals surface area contributed by atoms with Crippen molar-refractivity contribution in [3.05, 3.63) is 52.7 Å². The number of halogens is 1. The summed E-state index contributed by atoms with van der Waals surface area (Å²) in [6.45, 7) is 5.85. The fraction of sp³-hybridized carbons (Fsp3) is 0.414. The predicted molar refractivity (Wildman–Crippen MR) is 146 cm³/mol. The van der Waals surface area contributed by atoms with Gasteiger partial charge in [-0.15, -0.1) is 0 Å². The summed E-state index contributed by atoms with van der Waals surface area (Å²) in [6, 6.07) is 12.9. The molecule has 2 aliphatic heterocycles. The molecule has 9 heteroatoms. The van der Waals surface area contributed by atoms with E-state index in [1.54, 1.807) is 25.3 Å². The second-order valence-electron chi connectivity index (χ2n) is 10.0. The molecule has 1 N–H and O–H groups in total. The topological polar surface area (TPSA) is 103 Å². The Labute approximate surface area is 227 Å². The molecule has 0 unspecified atom stereocenters. The number of pyridine rings is 1. The van der Waals surface area contributed by atoms with E-state index in [9.17, 15) is 10.5 Å². The van der Waals surface area contributed by atoms with E-state index in [0.717, 1.165) is 45.7 Å². The molecule has 0 aliphatic carbocycles. The zero-order valence-electron chi connectivity index (χ0n) is 21.4. The Morgan fingerprint density at radius 1 is 1.08 bits per heavy atom. The number of benzene rings is 2. The van der Waals surface area contributed by atoms with E-state index in [-0.39, 0.29) is 0 Å². The van der Waals surface area contributed by atoms with Gasteiger partial charge < -0.3 is 24.4 Å². The van der Waals surface area contributed by atoms with Crippen LogP contribution < -0.4 is 14.8 Å². The first-order valence-corrected chi connectivity index (χ1v) is 13.2. The van der Waals surface area contributed by atoms with E-state index < -0.39 is 0 Å². The molecule has 2 aromatic carbocycles. The first kappa shape index (κ1) is 26.1. The number of likely N-dealkylation sites (tertiary alicyclic amines) is 1. The van der Waals surface area contributed by atoms with Gasteiger partial charge in [-0.05, 0) is 69.6 Å². The summed E-state index contributed by atoms with van der Waals surface area (Å²) in [6.07, 6.45) is 6.02. The van der Waals surface area contributed by atoms with Gasteiger partial charge in [0.05, 0.1) is 55.3 Å². The maximum atomic E-state index is 9.72. The number of fused-ring (bicyclic) bond motifs is 1. The molecule has 2 fully saturated rings. The lowest BCUT2D eigenvalue weighted by molar-refractivity contribution is -0.139. The molecule has 38 heavy (non-hydrogen) atoms. The molecule has 0 bridgehead atoms. The number of nitrogens with one attached hydrogen (secondary N) is 1. The molecule has 3 aromatic rings. The number of hydrogen-bond acceptors (Lipinski definition) is 8. The van der Waals surface area contributed by atoms with Gasteiger partial charge in [0, 0.05) is 33.8 Å². The molecular formula is C29H30ClN5O3. The Kier molecular flexibility index (Phi) is 7.85. The fourth-order valence-electron chi connectivity index (χ4n) is 5.11. The van der Waals surface area contributed by atoms with E-state index in [0.29, 0.717) is 61.9 Å². The minimum atomic E-state index is 0.361. The van der Waals surface area contributed by atoms with Gasteiger partial charge in [-0.2, -0.15) is 10.5 Å². The van der Waals surface area contributed by atoms with Crippen LogP contribution in [0.2, 0.25) is 5.02 Å². The van der Waals surface area contributed by atoms with Gasteiger partial charge in [-0.3, -0.25) is 4.98 Å². The van der Waals surface area contributed by atoms with E-state index in [1.807, 2.05) is 12.1 Å². The van der Waals surface area contributed by atoms with E-state index >= 15 is 0 Å². The predicted octanol–water partition coefficient (Wildman–Crippen LogP) is 5.66. The second-order valence-corrected chi connectivity index (χ2v) is 10.5. The molecule has 0 saturated carbocycles. The highest BCUT2D eigenvalue weighted by atomic mass is 35.5. The van der Waals surface area contributed by atoms with Gasteiger partial charge in [-0.1, -0.05) is 11.6 Å². The number of nitriles is 2. The second kappa shape index (κ2) is 11.4. The van der Waals surface area contributed by atoms with Gasteiger partial charge >= 0.3 is 0 Å². The molecule has 2 saturated heterocycles. The SMILES string of the molecule is COc1cc2c(Nc3cc(Cl)cc(C#N)c3)c(C#N)cnc2cc1OCCCCN1CCC2(CC1)COC2. The number of methoxy groups -OCH3 is 1. The third-order valence-corrected chi connectivity index (χ3v) is 7.65. The van der Waals surface area contributed by atoms with Crippen molar-refractivity contribution in [1.29, 1.82) is 10.5 Å². The molecule has 196 valence electrons. The first-order valence-electron chi connectivity index (χ1n) is 12.8.